The van der Waals surface area contributed by atoms with Crippen LogP contribution < -0.4 is 0 Å². The average molecular weight is 595 g/mol. The van der Waals surface area contributed by atoms with Gasteiger partial charge in [-0.25, -0.2) is 20.0 Å². The number of aliphatic imine (C=N–C) groups is 4. The van der Waals surface area contributed by atoms with Gasteiger partial charge < -0.3 is 0 Å². The van der Waals surface area contributed by atoms with E-state index in [0.29, 0.717) is 17.5 Å². The van der Waals surface area contributed by atoms with Crippen molar-refractivity contribution in [2.45, 2.75) is 62.3 Å². The van der Waals surface area contributed by atoms with Gasteiger partial charge in [0.25, 0.3) is 0 Å². The molecule has 45 heavy (non-hydrogen) atoms. The highest BCUT2D eigenvalue weighted by Crippen LogP contribution is 2.24. The predicted octanol–water partition coefficient (Wildman–Crippen LogP) is 11.0. The third-order valence-corrected chi connectivity index (χ3v) is 6.82. The van der Waals surface area contributed by atoms with Gasteiger partial charge in [0.05, 0.1) is 11.4 Å². The molecule has 0 fully saturated rings. The smallest absolute Gasteiger partial charge is 0.129 e. The summed E-state index contributed by atoms with van der Waals surface area (Å²) in [7, 11) is 0. The van der Waals surface area contributed by atoms with Crippen LogP contribution in [-0.2, 0) is 0 Å². The largest absolute Gasteiger partial charge is 0.233 e. The van der Waals surface area contributed by atoms with E-state index in [0.717, 1.165) is 28.1 Å². The Balaban J connectivity index is 0.000000273. The molecule has 0 radical (unpaired) electrons. The Morgan fingerprint density at radius 1 is 0.422 bits per heavy atom. The minimum Gasteiger partial charge on any atom is -0.233 e. The summed E-state index contributed by atoms with van der Waals surface area (Å²) in [6.45, 7) is 18.1. The monoisotopic (exact) mass is 594 g/mol. The number of hydrogen-bond acceptors (Lipinski definition) is 4. The zero-order chi connectivity index (χ0) is 32.8. The lowest BCUT2D eigenvalue weighted by atomic mass is 9.98. The van der Waals surface area contributed by atoms with E-state index < -0.39 is 0 Å². The van der Waals surface area contributed by atoms with E-state index in [2.05, 4.69) is 92.3 Å². The first-order valence-electron chi connectivity index (χ1n) is 15.6. The van der Waals surface area contributed by atoms with E-state index in [1.54, 1.807) is 0 Å². The second-order valence-electron chi connectivity index (χ2n) is 10.8. The highest BCUT2D eigenvalue weighted by Gasteiger charge is 2.06. The summed E-state index contributed by atoms with van der Waals surface area (Å²) in [4.78, 5) is 18.5. The molecule has 0 N–H and O–H groups in total. The van der Waals surface area contributed by atoms with Crippen molar-refractivity contribution in [1.29, 1.82) is 0 Å². The molecule has 4 heteroatoms. The summed E-state index contributed by atoms with van der Waals surface area (Å²) in [5, 5.41) is 0. The Bertz CT molecular complexity index is 1700. The van der Waals surface area contributed by atoms with Crippen molar-refractivity contribution in [3.05, 3.63) is 149 Å². The van der Waals surface area contributed by atoms with E-state index in [9.17, 15) is 0 Å². The van der Waals surface area contributed by atoms with Crippen LogP contribution in [0.5, 0.6) is 0 Å². The van der Waals surface area contributed by atoms with Gasteiger partial charge >= 0.3 is 0 Å². The molecule has 4 aromatic carbocycles. The van der Waals surface area contributed by atoms with E-state index >= 15 is 0 Å². The number of nitrogens with zero attached hydrogens (tertiary/aromatic N) is 4. The molecule has 0 atom stereocenters. The van der Waals surface area contributed by atoms with Crippen molar-refractivity contribution >= 4 is 28.9 Å². The second-order valence-corrected chi connectivity index (χ2v) is 10.8. The van der Waals surface area contributed by atoms with Gasteiger partial charge in [-0.3, -0.25) is 0 Å². The highest BCUT2D eigenvalue weighted by molar-refractivity contribution is 6.15. The number of allylic oxidation sites excluding steroid dienone is 3. The zero-order valence-electron chi connectivity index (χ0n) is 28.3. The van der Waals surface area contributed by atoms with Crippen LogP contribution in [0.25, 0.3) is 16.8 Å². The van der Waals surface area contributed by atoms with Crippen molar-refractivity contribution in [1.82, 2.24) is 0 Å². The van der Waals surface area contributed by atoms with Gasteiger partial charge in [-0.2, -0.15) is 0 Å². The van der Waals surface area contributed by atoms with E-state index in [-0.39, 0.29) is 0 Å². The van der Waals surface area contributed by atoms with Gasteiger partial charge in [-0.1, -0.05) is 128 Å². The molecular weight excluding hydrogens is 548 g/mol. The molecule has 0 aromatic heterocycles. The number of aryl methyl sites for hydroxylation is 3. The molecule has 0 bridgehead atoms. The van der Waals surface area contributed by atoms with Crippen LogP contribution in [0.2, 0.25) is 0 Å². The maximum absolute atomic E-state index is 4.74. The summed E-state index contributed by atoms with van der Waals surface area (Å²) in [5.41, 5.74) is 11.5. The molecule has 4 nitrogen and oxygen atoms in total. The molecular formula is C41H46N4. The standard InChI is InChI=1S/C24H24N4.C15H16.C2H6/c1-17-15-23(21-11-7-5-8-12-21)27-19(3)25-18(2)26-20(4)28-24(16-17)22-13-9-6-10-14-22;1-11-4-7-14(8-5-11)15-9-6-12(2)10-13(15)3;1-2/h5-16H,1-4H3;4-10H,1-3H3;1-2H3/b17-15+,17-16?,23-15?,24-16-,25-18?,25-19?,26-18?,26-20?,27-19?,27-23?,28-20?,28-24?;;. The van der Waals surface area contributed by atoms with Gasteiger partial charge in [-0.05, 0) is 82.9 Å². The number of rotatable bonds is 3. The minimum absolute atomic E-state index is 0.628. The van der Waals surface area contributed by atoms with Crippen LogP contribution >= 0.6 is 0 Å². The molecule has 5 rings (SSSR count). The van der Waals surface area contributed by atoms with Crippen molar-refractivity contribution < 1.29 is 0 Å². The molecule has 0 aliphatic carbocycles. The lowest BCUT2D eigenvalue weighted by molar-refractivity contribution is 1.37. The molecule has 0 amide bonds. The third-order valence-electron chi connectivity index (χ3n) is 6.82. The number of benzene rings is 4. The van der Waals surface area contributed by atoms with Crippen LogP contribution in [0.1, 0.15) is 69.4 Å². The maximum atomic E-state index is 4.74. The second kappa shape index (κ2) is 17.4. The minimum atomic E-state index is 0.628. The Labute approximate surface area is 270 Å². The summed E-state index contributed by atoms with van der Waals surface area (Å²) in [6, 6.07) is 35.5. The molecule has 0 spiro atoms. The number of amidine groups is 3. The highest BCUT2D eigenvalue weighted by atomic mass is 15.0. The van der Waals surface area contributed by atoms with Gasteiger partial charge in [0.2, 0.25) is 0 Å². The van der Waals surface area contributed by atoms with Crippen molar-refractivity contribution in [2.24, 2.45) is 20.0 Å². The van der Waals surface area contributed by atoms with Gasteiger partial charge in [0, 0.05) is 11.1 Å². The van der Waals surface area contributed by atoms with Gasteiger partial charge in [-0.15, -0.1) is 0 Å². The fourth-order valence-corrected chi connectivity index (χ4v) is 4.81. The van der Waals surface area contributed by atoms with Crippen LogP contribution in [-0.4, -0.2) is 23.2 Å². The Hall–Kier alpha value is -4.96. The molecule has 0 saturated heterocycles. The van der Waals surface area contributed by atoms with Crippen LogP contribution in [0.3, 0.4) is 0 Å². The van der Waals surface area contributed by atoms with Crippen molar-refractivity contribution in [2.75, 3.05) is 0 Å². The molecule has 1 aliphatic heterocycles. The van der Waals surface area contributed by atoms with Gasteiger partial charge in [0.1, 0.15) is 17.5 Å². The Morgan fingerprint density at radius 2 is 0.933 bits per heavy atom. The molecule has 0 unspecified atom stereocenters. The summed E-state index contributed by atoms with van der Waals surface area (Å²) in [6.07, 6.45) is 4.13. The van der Waals surface area contributed by atoms with Gasteiger partial charge in [0.15, 0.2) is 0 Å². The molecule has 1 aliphatic rings. The lowest BCUT2D eigenvalue weighted by Crippen LogP contribution is -2.04. The maximum Gasteiger partial charge on any atom is 0.129 e. The fourth-order valence-electron chi connectivity index (χ4n) is 4.81. The fraction of sp³-hybridized carbons (Fsp3) is 0.220. The van der Waals surface area contributed by atoms with E-state index in [1.165, 1.54) is 27.8 Å². The van der Waals surface area contributed by atoms with Crippen molar-refractivity contribution in [3.63, 3.8) is 0 Å². The quantitative estimate of drug-likeness (QED) is 0.227. The lowest BCUT2D eigenvalue weighted by Gasteiger charge is -2.07. The molecule has 1 heterocycles. The molecule has 230 valence electrons. The first-order valence-corrected chi connectivity index (χ1v) is 15.6. The predicted molar refractivity (Wildman–Crippen MR) is 198 cm³/mol. The Morgan fingerprint density at radius 3 is 1.51 bits per heavy atom. The third kappa shape index (κ3) is 10.9. The normalized spacial score (nSPS) is 15.7. The number of hydrogen-bond donors (Lipinski definition) is 0. The van der Waals surface area contributed by atoms with E-state index in [4.69, 9.17) is 9.98 Å². The first kappa shape index (κ1) is 34.5. The zero-order valence-corrected chi connectivity index (χ0v) is 28.3. The summed E-state index contributed by atoms with van der Waals surface area (Å²) < 4.78 is 0. The molecule has 0 saturated carbocycles. The molecule has 4 aromatic rings. The topological polar surface area (TPSA) is 49.4 Å². The van der Waals surface area contributed by atoms with E-state index in [1.807, 2.05) is 95.3 Å². The van der Waals surface area contributed by atoms with Crippen LogP contribution in [0.4, 0.5) is 0 Å². The van der Waals surface area contributed by atoms with Crippen molar-refractivity contribution in [3.8, 4) is 11.1 Å². The summed E-state index contributed by atoms with van der Waals surface area (Å²) >= 11 is 0. The van der Waals surface area contributed by atoms with Crippen LogP contribution in [0, 0.1) is 20.8 Å². The van der Waals surface area contributed by atoms with Crippen LogP contribution in [0.15, 0.2) is 141 Å². The Kier molecular flexibility index (Phi) is 13.3. The first-order chi connectivity index (χ1) is 21.7. The summed E-state index contributed by atoms with van der Waals surface area (Å²) in [5.74, 6) is 1.94. The SMILES string of the molecule is CC.CC1=NC(C)=N/C(c2ccccc2)=C\C(C)=C\C(c2ccccc2)=NC(C)=N1.Cc1ccc(-c2ccc(C)cc2C)cc1. The average Bonchev–Trinajstić information content (AvgIpc) is 3.02.